The van der Waals surface area contributed by atoms with Crippen LogP contribution >= 0.6 is 0 Å². The van der Waals surface area contributed by atoms with Gasteiger partial charge in [0.25, 0.3) is 0 Å². The van der Waals surface area contributed by atoms with E-state index in [1.165, 1.54) is 24.8 Å². The fourth-order valence-corrected chi connectivity index (χ4v) is 3.02. The van der Waals surface area contributed by atoms with Gasteiger partial charge >= 0.3 is 0 Å². The zero-order valence-electron chi connectivity index (χ0n) is 14.3. The van der Waals surface area contributed by atoms with Crippen molar-refractivity contribution in [2.75, 3.05) is 26.2 Å². The maximum absolute atomic E-state index is 10.1. The molecule has 0 radical (unpaired) electrons. The van der Waals surface area contributed by atoms with Crippen LogP contribution in [0.15, 0.2) is 30.3 Å². The quantitative estimate of drug-likeness (QED) is 0.876. The molecular weight excluding hydrogens is 274 g/mol. The Balaban J connectivity index is 1.66. The largest absolute Gasteiger partial charge is 0.389 e. The van der Waals surface area contributed by atoms with Crippen LogP contribution < -0.4 is 0 Å². The molecule has 0 saturated carbocycles. The zero-order chi connectivity index (χ0) is 16.0. The molecular formula is C19H31NO2. The molecule has 3 nitrogen and oxygen atoms in total. The van der Waals surface area contributed by atoms with Gasteiger partial charge in [0.15, 0.2) is 0 Å². The molecule has 124 valence electrons. The molecule has 0 amide bonds. The standard InChI is InChI=1S/C19H31NO2/c1-19(2,3)22-15-18(21)14-20-11-9-17(10-12-20)13-16-7-5-4-6-8-16/h4-8,17-18,21H,9-15H2,1-3H3/t18-/m0/s1. The second kappa shape index (κ2) is 8.09. The third kappa shape index (κ3) is 6.47. The molecule has 1 aliphatic heterocycles. The summed E-state index contributed by atoms with van der Waals surface area (Å²) in [5.41, 5.74) is 1.27. The Morgan fingerprint density at radius 2 is 1.82 bits per heavy atom. The van der Waals surface area contributed by atoms with Crippen molar-refractivity contribution in [1.29, 1.82) is 0 Å². The number of hydrogen-bond acceptors (Lipinski definition) is 3. The number of piperidine rings is 1. The van der Waals surface area contributed by atoms with Gasteiger partial charge in [-0.2, -0.15) is 0 Å². The highest BCUT2D eigenvalue weighted by molar-refractivity contribution is 5.15. The Labute approximate surface area is 135 Å². The molecule has 1 aromatic carbocycles. The number of hydrogen-bond donors (Lipinski definition) is 1. The first-order chi connectivity index (χ1) is 10.4. The summed E-state index contributed by atoms with van der Waals surface area (Å²) in [4.78, 5) is 2.37. The molecule has 1 atom stereocenters. The maximum atomic E-state index is 10.1. The molecule has 1 heterocycles. The number of aliphatic hydroxyl groups is 1. The number of likely N-dealkylation sites (tertiary alicyclic amines) is 1. The molecule has 0 unspecified atom stereocenters. The fourth-order valence-electron chi connectivity index (χ4n) is 3.02. The normalized spacial score (nSPS) is 19.3. The number of aliphatic hydroxyl groups excluding tert-OH is 1. The minimum absolute atomic E-state index is 0.177. The van der Waals surface area contributed by atoms with Gasteiger partial charge in [-0.3, -0.25) is 0 Å². The van der Waals surface area contributed by atoms with E-state index in [2.05, 4.69) is 35.2 Å². The van der Waals surface area contributed by atoms with Crippen molar-refractivity contribution in [1.82, 2.24) is 4.90 Å². The predicted octanol–water partition coefficient (Wildman–Crippen LogP) is 3.12. The minimum Gasteiger partial charge on any atom is -0.389 e. The van der Waals surface area contributed by atoms with Crippen LogP contribution in [0.2, 0.25) is 0 Å². The monoisotopic (exact) mass is 305 g/mol. The van der Waals surface area contributed by atoms with Gasteiger partial charge in [0.2, 0.25) is 0 Å². The van der Waals surface area contributed by atoms with Gasteiger partial charge in [0.1, 0.15) is 0 Å². The van der Waals surface area contributed by atoms with E-state index in [9.17, 15) is 5.11 Å². The number of rotatable bonds is 6. The molecule has 1 N–H and O–H groups in total. The third-order valence-corrected chi connectivity index (χ3v) is 4.25. The summed E-state index contributed by atoms with van der Waals surface area (Å²) < 4.78 is 5.66. The van der Waals surface area contributed by atoms with E-state index < -0.39 is 0 Å². The number of β-amino-alcohol motifs (C(OH)–C–C–N with tert-alkyl or cyclic N) is 1. The summed E-state index contributed by atoms with van der Waals surface area (Å²) in [7, 11) is 0. The minimum atomic E-state index is -0.384. The van der Waals surface area contributed by atoms with E-state index >= 15 is 0 Å². The molecule has 2 rings (SSSR count). The zero-order valence-corrected chi connectivity index (χ0v) is 14.3. The molecule has 0 spiro atoms. The molecule has 0 aromatic heterocycles. The van der Waals surface area contributed by atoms with Crippen molar-refractivity contribution in [3.63, 3.8) is 0 Å². The second-order valence-electron chi connectivity index (χ2n) is 7.51. The third-order valence-electron chi connectivity index (χ3n) is 4.25. The van der Waals surface area contributed by atoms with Crippen molar-refractivity contribution in [2.24, 2.45) is 5.92 Å². The van der Waals surface area contributed by atoms with E-state index in [0.29, 0.717) is 6.61 Å². The first-order valence-electron chi connectivity index (χ1n) is 8.51. The first-order valence-corrected chi connectivity index (χ1v) is 8.51. The lowest BCUT2D eigenvalue weighted by Crippen LogP contribution is -2.41. The van der Waals surface area contributed by atoms with Crippen LogP contribution in [0.1, 0.15) is 39.2 Å². The molecule has 1 aliphatic rings. The van der Waals surface area contributed by atoms with E-state index in [0.717, 1.165) is 25.6 Å². The summed E-state index contributed by atoms with van der Waals surface area (Å²) in [6.45, 7) is 9.40. The summed E-state index contributed by atoms with van der Waals surface area (Å²) >= 11 is 0. The van der Waals surface area contributed by atoms with Crippen LogP contribution in [0.25, 0.3) is 0 Å². The van der Waals surface area contributed by atoms with Gasteiger partial charge in [-0.1, -0.05) is 30.3 Å². The van der Waals surface area contributed by atoms with Crippen LogP contribution in [0, 0.1) is 5.92 Å². The van der Waals surface area contributed by atoms with Crippen molar-refractivity contribution >= 4 is 0 Å². The lowest BCUT2D eigenvalue weighted by molar-refractivity contribution is -0.0578. The Hall–Kier alpha value is -0.900. The summed E-state index contributed by atoms with van der Waals surface area (Å²) in [6.07, 6.45) is 3.25. The summed E-state index contributed by atoms with van der Waals surface area (Å²) in [6, 6.07) is 10.8. The highest BCUT2D eigenvalue weighted by Gasteiger charge is 2.22. The summed E-state index contributed by atoms with van der Waals surface area (Å²) in [5, 5.41) is 10.1. The van der Waals surface area contributed by atoms with Gasteiger partial charge < -0.3 is 14.7 Å². The average molecular weight is 305 g/mol. The highest BCUT2D eigenvalue weighted by atomic mass is 16.5. The topological polar surface area (TPSA) is 32.7 Å². The second-order valence-corrected chi connectivity index (χ2v) is 7.51. The summed E-state index contributed by atoms with van der Waals surface area (Å²) in [5.74, 6) is 0.779. The van der Waals surface area contributed by atoms with Crippen LogP contribution in [0.4, 0.5) is 0 Å². The number of ether oxygens (including phenoxy) is 1. The highest BCUT2D eigenvalue weighted by Crippen LogP contribution is 2.21. The van der Waals surface area contributed by atoms with Gasteiger partial charge in [0.05, 0.1) is 18.3 Å². The van der Waals surface area contributed by atoms with Crippen LogP contribution in [-0.4, -0.2) is 48.0 Å². The van der Waals surface area contributed by atoms with Gasteiger partial charge in [-0.15, -0.1) is 0 Å². The van der Waals surface area contributed by atoms with Crippen molar-refractivity contribution in [3.8, 4) is 0 Å². The number of nitrogens with zero attached hydrogens (tertiary/aromatic N) is 1. The van der Waals surface area contributed by atoms with Crippen molar-refractivity contribution in [2.45, 2.75) is 51.7 Å². The molecule has 3 heteroatoms. The smallest absolute Gasteiger partial charge is 0.0900 e. The Morgan fingerprint density at radius 3 is 2.41 bits per heavy atom. The van der Waals surface area contributed by atoms with Crippen LogP contribution in [-0.2, 0) is 11.2 Å². The van der Waals surface area contributed by atoms with Crippen LogP contribution in [0.3, 0.4) is 0 Å². The van der Waals surface area contributed by atoms with Crippen molar-refractivity contribution in [3.05, 3.63) is 35.9 Å². The van der Waals surface area contributed by atoms with Gasteiger partial charge in [-0.05, 0) is 64.6 Å². The first kappa shape index (κ1) is 17.5. The van der Waals surface area contributed by atoms with Crippen LogP contribution in [0.5, 0.6) is 0 Å². The lowest BCUT2D eigenvalue weighted by atomic mass is 9.90. The van der Waals surface area contributed by atoms with E-state index in [1.807, 2.05) is 20.8 Å². The van der Waals surface area contributed by atoms with Gasteiger partial charge in [-0.25, -0.2) is 0 Å². The maximum Gasteiger partial charge on any atom is 0.0900 e. The Kier molecular flexibility index (Phi) is 6.42. The van der Waals surface area contributed by atoms with Crippen molar-refractivity contribution < 1.29 is 9.84 Å². The fraction of sp³-hybridized carbons (Fsp3) is 0.684. The van der Waals surface area contributed by atoms with Gasteiger partial charge in [0, 0.05) is 6.54 Å². The predicted molar refractivity (Wildman–Crippen MR) is 91.0 cm³/mol. The van der Waals surface area contributed by atoms with E-state index in [4.69, 9.17) is 4.74 Å². The molecule has 1 fully saturated rings. The Bertz CT molecular complexity index is 419. The SMILES string of the molecule is CC(C)(C)OC[C@@H](O)CN1CCC(Cc2ccccc2)CC1. The Morgan fingerprint density at radius 1 is 1.18 bits per heavy atom. The molecule has 0 aliphatic carbocycles. The lowest BCUT2D eigenvalue weighted by Gasteiger charge is -2.33. The molecule has 22 heavy (non-hydrogen) atoms. The molecule has 1 saturated heterocycles. The van der Waals surface area contributed by atoms with E-state index in [1.54, 1.807) is 0 Å². The average Bonchev–Trinajstić information content (AvgIpc) is 2.48. The molecule has 0 bridgehead atoms. The van der Waals surface area contributed by atoms with E-state index in [-0.39, 0.29) is 11.7 Å². The number of benzene rings is 1. The molecule has 1 aromatic rings.